The van der Waals surface area contributed by atoms with E-state index >= 15 is 0 Å². The van der Waals surface area contributed by atoms with E-state index in [1.807, 2.05) is 12.3 Å². The molecule has 0 fully saturated rings. The van der Waals surface area contributed by atoms with Crippen molar-refractivity contribution in [3.63, 3.8) is 0 Å². The van der Waals surface area contributed by atoms with Gasteiger partial charge in [-0.2, -0.15) is 0 Å². The fourth-order valence-electron chi connectivity index (χ4n) is 10.0. The van der Waals surface area contributed by atoms with Crippen LogP contribution in [0.2, 0.25) is 0 Å². The van der Waals surface area contributed by atoms with E-state index in [-0.39, 0.29) is 28.4 Å². The van der Waals surface area contributed by atoms with E-state index in [2.05, 4.69) is 243 Å². The second kappa shape index (κ2) is 16.0. The van der Waals surface area contributed by atoms with Gasteiger partial charge in [0.25, 0.3) is 6.71 Å². The first-order chi connectivity index (χ1) is 31.7. The van der Waals surface area contributed by atoms with Crippen molar-refractivity contribution >= 4 is 57.2 Å². The number of anilines is 6. The lowest BCUT2D eigenvalue weighted by molar-refractivity contribution is 0.568. The predicted octanol–water partition coefficient (Wildman–Crippen LogP) is 14.8. The van der Waals surface area contributed by atoms with Crippen LogP contribution in [0, 0.1) is 0 Å². The SMILES string of the molecule is CC(C)(C)c1cc(N2c3ccc(-c4ccccc4)cc3B3c4cc(-c5ccccc5)ccc4N(c4cc(C(C)(C)C)cc(C(C)(C)C)c4)c4cc(-c5ccncn5)cc2c43)cc(C(C)(C)C)c1. The van der Waals surface area contributed by atoms with Crippen LogP contribution >= 0.6 is 0 Å². The maximum atomic E-state index is 4.92. The van der Waals surface area contributed by atoms with Gasteiger partial charge in [0.1, 0.15) is 6.33 Å². The van der Waals surface area contributed by atoms with Crippen LogP contribution in [0.25, 0.3) is 33.5 Å². The van der Waals surface area contributed by atoms with Crippen molar-refractivity contribution in [2.24, 2.45) is 0 Å². The Morgan fingerprint density at radius 1 is 0.373 bits per heavy atom. The van der Waals surface area contributed by atoms with Crippen molar-refractivity contribution in [3.8, 4) is 33.5 Å². The average molecular weight is 875 g/mol. The van der Waals surface area contributed by atoms with Gasteiger partial charge < -0.3 is 9.80 Å². The van der Waals surface area contributed by atoms with Gasteiger partial charge in [-0.15, -0.1) is 0 Å². The molecule has 0 atom stereocenters. The molecule has 67 heavy (non-hydrogen) atoms. The van der Waals surface area contributed by atoms with E-state index in [9.17, 15) is 0 Å². The predicted molar refractivity (Wildman–Crippen MR) is 287 cm³/mol. The third kappa shape index (κ3) is 8.07. The Bertz CT molecular complexity index is 2910. The van der Waals surface area contributed by atoms with Crippen molar-refractivity contribution in [2.75, 3.05) is 9.80 Å². The average Bonchev–Trinajstić information content (AvgIpc) is 3.30. The molecule has 4 nitrogen and oxygen atoms in total. The van der Waals surface area contributed by atoms with Gasteiger partial charge in [-0.25, -0.2) is 9.97 Å². The summed E-state index contributed by atoms with van der Waals surface area (Å²) in [7, 11) is 0. The van der Waals surface area contributed by atoms with Gasteiger partial charge >= 0.3 is 0 Å². The second-order valence-corrected chi connectivity index (χ2v) is 22.9. The van der Waals surface area contributed by atoms with Crippen LogP contribution in [0.15, 0.2) is 164 Å². The van der Waals surface area contributed by atoms with Gasteiger partial charge in [0.05, 0.1) is 5.69 Å². The molecule has 334 valence electrons. The minimum atomic E-state index is -0.0879. The number of fused-ring (bicyclic) bond motifs is 4. The molecule has 3 heterocycles. The molecule has 2 aliphatic heterocycles. The fourth-order valence-corrected chi connectivity index (χ4v) is 10.0. The number of hydrogen-bond donors (Lipinski definition) is 0. The van der Waals surface area contributed by atoms with Gasteiger partial charge in [0.15, 0.2) is 0 Å². The zero-order valence-electron chi connectivity index (χ0n) is 41.5. The van der Waals surface area contributed by atoms with Gasteiger partial charge in [-0.3, -0.25) is 0 Å². The molecule has 8 aromatic rings. The van der Waals surface area contributed by atoms with Crippen molar-refractivity contribution in [3.05, 3.63) is 186 Å². The summed E-state index contributed by atoms with van der Waals surface area (Å²) in [5.74, 6) is 0. The van der Waals surface area contributed by atoms with Crippen molar-refractivity contribution in [2.45, 2.75) is 105 Å². The van der Waals surface area contributed by atoms with Gasteiger partial charge in [0.2, 0.25) is 0 Å². The smallest absolute Gasteiger partial charge is 0.252 e. The molecule has 0 unspecified atom stereocenters. The van der Waals surface area contributed by atoms with Crippen LogP contribution in [0.5, 0.6) is 0 Å². The van der Waals surface area contributed by atoms with Crippen LogP contribution in [0.4, 0.5) is 34.1 Å². The van der Waals surface area contributed by atoms with Crippen molar-refractivity contribution in [1.29, 1.82) is 0 Å². The molecule has 10 rings (SSSR count). The van der Waals surface area contributed by atoms with E-state index in [1.165, 1.54) is 72.3 Å². The summed E-state index contributed by atoms with van der Waals surface area (Å²) < 4.78 is 0. The minimum Gasteiger partial charge on any atom is -0.311 e. The van der Waals surface area contributed by atoms with Crippen LogP contribution in [0.1, 0.15) is 105 Å². The first-order valence-electron chi connectivity index (χ1n) is 24.0. The van der Waals surface area contributed by atoms with Crippen molar-refractivity contribution in [1.82, 2.24) is 9.97 Å². The Labute approximate surface area is 399 Å². The monoisotopic (exact) mass is 875 g/mol. The molecule has 0 amide bonds. The zero-order chi connectivity index (χ0) is 47.2. The number of hydrogen-bond acceptors (Lipinski definition) is 4. The molecule has 0 radical (unpaired) electrons. The largest absolute Gasteiger partial charge is 0.311 e. The lowest BCUT2D eigenvalue weighted by Crippen LogP contribution is -2.61. The molecular weight excluding hydrogens is 812 g/mol. The molecule has 0 spiro atoms. The zero-order valence-corrected chi connectivity index (χ0v) is 41.5. The van der Waals surface area contributed by atoms with Crippen molar-refractivity contribution < 1.29 is 0 Å². The quantitative estimate of drug-likeness (QED) is 0.161. The summed E-state index contributed by atoms with van der Waals surface area (Å²) in [6.45, 7) is 27.9. The van der Waals surface area contributed by atoms with Crippen LogP contribution in [0.3, 0.4) is 0 Å². The van der Waals surface area contributed by atoms with Crippen LogP contribution < -0.4 is 26.2 Å². The topological polar surface area (TPSA) is 32.3 Å². The first kappa shape index (κ1) is 44.1. The molecular formula is C62H63BN4. The van der Waals surface area contributed by atoms with E-state index < -0.39 is 0 Å². The standard InChI is InChI=1S/C62H63BN4/c1-59(2,3)45-33-46(60(4,5)6)36-49(35-45)66-54-25-23-42(40-19-15-13-16-20-40)29-51(54)63-52-30-43(41-21-17-14-18-22-41)24-26-55(52)67(50-37-47(61(7,8)9)34-48(38-50)62(10,11)12)57-32-44(31-56(66)58(57)63)53-27-28-64-39-65-53/h13-39H,1-12H3. The fraction of sp³-hybridized carbons (Fsp3) is 0.258. The maximum absolute atomic E-state index is 4.92. The van der Waals surface area contributed by atoms with Crippen LogP contribution in [-0.2, 0) is 21.7 Å². The summed E-state index contributed by atoms with van der Waals surface area (Å²) in [6, 6.07) is 57.6. The summed E-state index contributed by atoms with van der Waals surface area (Å²) in [6.07, 6.45) is 3.53. The number of benzene rings is 7. The molecule has 7 aromatic carbocycles. The van der Waals surface area contributed by atoms with Gasteiger partial charge in [-0.05, 0) is 137 Å². The Balaban J connectivity index is 1.38. The maximum Gasteiger partial charge on any atom is 0.252 e. The lowest BCUT2D eigenvalue weighted by Gasteiger charge is -2.45. The molecule has 0 saturated carbocycles. The Morgan fingerprint density at radius 2 is 0.776 bits per heavy atom. The molecule has 0 aliphatic carbocycles. The third-order valence-corrected chi connectivity index (χ3v) is 14.0. The highest BCUT2D eigenvalue weighted by Crippen LogP contribution is 2.49. The minimum absolute atomic E-state index is 0.0804. The summed E-state index contributed by atoms with van der Waals surface area (Å²) in [5, 5.41) is 0. The summed E-state index contributed by atoms with van der Waals surface area (Å²) >= 11 is 0. The van der Waals surface area contributed by atoms with E-state index in [1.54, 1.807) is 6.33 Å². The number of nitrogens with zero attached hydrogens (tertiary/aromatic N) is 4. The van der Waals surface area contributed by atoms with E-state index in [0.717, 1.165) is 34.0 Å². The Hall–Kier alpha value is -6.72. The molecule has 2 aliphatic rings. The van der Waals surface area contributed by atoms with Gasteiger partial charge in [-0.1, -0.05) is 180 Å². The first-order valence-corrected chi connectivity index (χ1v) is 24.0. The number of rotatable bonds is 5. The van der Waals surface area contributed by atoms with E-state index in [4.69, 9.17) is 4.98 Å². The molecule has 0 N–H and O–H groups in total. The second-order valence-electron chi connectivity index (χ2n) is 22.9. The highest BCUT2D eigenvalue weighted by molar-refractivity contribution is 7.00. The van der Waals surface area contributed by atoms with Gasteiger partial charge in [0, 0.05) is 45.9 Å². The Morgan fingerprint density at radius 3 is 1.13 bits per heavy atom. The Kier molecular flexibility index (Phi) is 10.5. The van der Waals surface area contributed by atoms with Crippen LogP contribution in [-0.4, -0.2) is 16.7 Å². The molecule has 1 aromatic heterocycles. The molecule has 5 heteroatoms. The van der Waals surface area contributed by atoms with E-state index in [0.29, 0.717) is 0 Å². The number of aromatic nitrogens is 2. The summed E-state index contributed by atoms with van der Waals surface area (Å²) in [4.78, 5) is 14.4. The summed E-state index contributed by atoms with van der Waals surface area (Å²) in [5.41, 5.74) is 22.5. The molecule has 0 saturated heterocycles. The highest BCUT2D eigenvalue weighted by atomic mass is 15.2. The third-order valence-electron chi connectivity index (χ3n) is 14.0. The molecule has 0 bridgehead atoms. The normalized spacial score (nSPS) is 13.6. The lowest BCUT2D eigenvalue weighted by atomic mass is 9.33. The highest BCUT2D eigenvalue weighted by Gasteiger charge is 2.45.